The summed E-state index contributed by atoms with van der Waals surface area (Å²) in [4.78, 5) is 0. The molecule has 3 nitrogen and oxygen atoms in total. The van der Waals surface area contributed by atoms with E-state index in [1.807, 2.05) is 53.7 Å². The third kappa shape index (κ3) is 4.79. The lowest BCUT2D eigenvalue weighted by molar-refractivity contribution is 0.0530. The summed E-state index contributed by atoms with van der Waals surface area (Å²) in [6, 6.07) is 0. The first kappa shape index (κ1) is 14.7. The number of allylic oxidation sites excluding steroid dienone is 4. The van der Waals surface area contributed by atoms with Crippen molar-refractivity contribution in [2.45, 2.75) is 52.7 Å². The molecule has 0 aromatic carbocycles. The Kier molecular flexibility index (Phi) is 4.08. The van der Waals surface area contributed by atoms with E-state index in [9.17, 15) is 4.57 Å². The van der Waals surface area contributed by atoms with Crippen LogP contribution in [0, 0.1) is 6.42 Å². The monoisotopic (exact) mass is 257 g/mol. The van der Waals surface area contributed by atoms with Crippen LogP contribution in [0.4, 0.5) is 0 Å². The summed E-state index contributed by atoms with van der Waals surface area (Å²) >= 11 is 0. The predicted octanol–water partition coefficient (Wildman–Crippen LogP) is 4.47. The lowest BCUT2D eigenvalue weighted by Gasteiger charge is -2.32. The van der Waals surface area contributed by atoms with Crippen molar-refractivity contribution in [3.8, 4) is 0 Å². The molecule has 0 aromatic rings. The maximum Gasteiger partial charge on any atom is 0.358 e. The molecule has 1 aliphatic rings. The summed E-state index contributed by atoms with van der Waals surface area (Å²) in [5.41, 5.74) is -1.03. The summed E-state index contributed by atoms with van der Waals surface area (Å²) in [5.74, 6) is 0. The zero-order chi connectivity index (χ0) is 13.3. The second-order valence-electron chi connectivity index (χ2n) is 6.05. The quantitative estimate of drug-likeness (QED) is 0.700. The van der Waals surface area contributed by atoms with Crippen molar-refractivity contribution in [2.24, 2.45) is 0 Å². The van der Waals surface area contributed by atoms with Gasteiger partial charge in [-0.1, -0.05) is 18.2 Å². The van der Waals surface area contributed by atoms with Gasteiger partial charge in [-0.3, -0.25) is 13.6 Å². The fourth-order valence-corrected chi connectivity index (χ4v) is 3.62. The zero-order valence-electron chi connectivity index (χ0n) is 11.5. The van der Waals surface area contributed by atoms with E-state index in [-0.39, 0.29) is 0 Å². The molecule has 17 heavy (non-hydrogen) atoms. The van der Waals surface area contributed by atoms with Gasteiger partial charge < -0.3 is 0 Å². The van der Waals surface area contributed by atoms with E-state index in [2.05, 4.69) is 0 Å². The molecule has 0 saturated carbocycles. The van der Waals surface area contributed by atoms with Gasteiger partial charge in [0.15, 0.2) is 0 Å². The first-order valence-electron chi connectivity index (χ1n) is 5.76. The highest BCUT2D eigenvalue weighted by molar-refractivity contribution is 7.58. The van der Waals surface area contributed by atoms with Crippen LogP contribution < -0.4 is 0 Å². The van der Waals surface area contributed by atoms with Crippen molar-refractivity contribution in [2.75, 3.05) is 0 Å². The molecule has 0 bridgehead atoms. The van der Waals surface area contributed by atoms with Gasteiger partial charge in [0, 0.05) is 11.7 Å². The molecule has 0 fully saturated rings. The predicted molar refractivity (Wildman–Crippen MR) is 70.8 cm³/mol. The van der Waals surface area contributed by atoms with E-state index in [1.165, 1.54) is 0 Å². The van der Waals surface area contributed by atoms with Crippen LogP contribution in [-0.4, -0.2) is 11.2 Å². The second kappa shape index (κ2) is 4.72. The Morgan fingerprint density at radius 2 is 1.41 bits per heavy atom. The van der Waals surface area contributed by atoms with Crippen molar-refractivity contribution in [1.29, 1.82) is 0 Å². The molecule has 0 N–H and O–H groups in total. The molecule has 0 amide bonds. The summed E-state index contributed by atoms with van der Waals surface area (Å²) in [6.45, 7) is 11.2. The maximum atomic E-state index is 12.9. The van der Waals surface area contributed by atoms with Crippen molar-refractivity contribution in [3.05, 3.63) is 30.0 Å². The molecular formula is C13H22O3P. The molecule has 97 valence electrons. The highest BCUT2D eigenvalue weighted by Crippen LogP contribution is 2.62. The van der Waals surface area contributed by atoms with Gasteiger partial charge >= 0.3 is 7.60 Å². The Morgan fingerprint density at radius 1 is 0.941 bits per heavy atom. The average Bonchev–Trinajstić information content (AvgIpc) is 2.45. The Morgan fingerprint density at radius 3 is 1.71 bits per heavy atom. The fourth-order valence-electron chi connectivity index (χ4n) is 1.39. The second-order valence-corrected chi connectivity index (χ2v) is 7.92. The van der Waals surface area contributed by atoms with E-state index in [0.29, 0.717) is 5.31 Å². The summed E-state index contributed by atoms with van der Waals surface area (Å²) < 4.78 is 24.2. The zero-order valence-corrected chi connectivity index (χ0v) is 12.4. The minimum atomic E-state index is -3.27. The first-order chi connectivity index (χ1) is 7.52. The summed E-state index contributed by atoms with van der Waals surface area (Å²) in [5, 5.41) is 0.613. The van der Waals surface area contributed by atoms with Gasteiger partial charge in [-0.25, -0.2) is 0 Å². The van der Waals surface area contributed by atoms with E-state index in [4.69, 9.17) is 9.05 Å². The molecular weight excluding hydrogens is 235 g/mol. The van der Waals surface area contributed by atoms with Crippen LogP contribution >= 0.6 is 7.60 Å². The van der Waals surface area contributed by atoms with Crippen LogP contribution in [0.1, 0.15) is 41.5 Å². The van der Waals surface area contributed by atoms with Gasteiger partial charge in [0.25, 0.3) is 0 Å². The van der Waals surface area contributed by atoms with Gasteiger partial charge in [-0.2, -0.15) is 0 Å². The SMILES string of the molecule is CC(C)(C)OP(=O)(OC(C)(C)C)C1=CC=C[CH]1. The molecule has 0 saturated heterocycles. The minimum absolute atomic E-state index is 0.516. The third-order valence-corrected chi connectivity index (χ3v) is 4.26. The van der Waals surface area contributed by atoms with Gasteiger partial charge in [0.1, 0.15) is 0 Å². The molecule has 1 aliphatic carbocycles. The Labute approximate surface area is 104 Å². The molecule has 4 heteroatoms. The molecule has 0 atom stereocenters. The number of hydrogen-bond acceptors (Lipinski definition) is 3. The topological polar surface area (TPSA) is 35.5 Å². The van der Waals surface area contributed by atoms with E-state index >= 15 is 0 Å². The lowest BCUT2D eigenvalue weighted by Crippen LogP contribution is -2.24. The Hall–Kier alpha value is -0.370. The summed E-state index contributed by atoms with van der Waals surface area (Å²) in [6.07, 6.45) is 7.22. The highest BCUT2D eigenvalue weighted by Gasteiger charge is 2.38. The van der Waals surface area contributed by atoms with Gasteiger partial charge in [0.05, 0.1) is 11.2 Å². The molecule has 1 radical (unpaired) electrons. The van der Waals surface area contributed by atoms with Gasteiger partial charge in [-0.15, -0.1) is 0 Å². The van der Waals surface area contributed by atoms with Crippen molar-refractivity contribution in [3.63, 3.8) is 0 Å². The van der Waals surface area contributed by atoms with Crippen LogP contribution in [0.15, 0.2) is 23.5 Å². The molecule has 0 heterocycles. The van der Waals surface area contributed by atoms with Crippen LogP contribution in [0.2, 0.25) is 0 Å². The van der Waals surface area contributed by atoms with Crippen molar-refractivity contribution >= 4 is 7.60 Å². The lowest BCUT2D eigenvalue weighted by atomic mass is 10.2. The summed E-state index contributed by atoms with van der Waals surface area (Å²) in [7, 11) is -3.27. The third-order valence-electron chi connectivity index (χ3n) is 1.75. The van der Waals surface area contributed by atoms with Crippen LogP contribution in [-0.2, 0) is 13.6 Å². The maximum absolute atomic E-state index is 12.9. The van der Waals surface area contributed by atoms with Crippen LogP contribution in [0.3, 0.4) is 0 Å². The first-order valence-corrected chi connectivity index (χ1v) is 7.30. The van der Waals surface area contributed by atoms with E-state index < -0.39 is 18.8 Å². The molecule has 0 aliphatic heterocycles. The van der Waals surface area contributed by atoms with Crippen LogP contribution in [0.5, 0.6) is 0 Å². The minimum Gasteiger partial charge on any atom is -0.300 e. The highest BCUT2D eigenvalue weighted by atomic mass is 31.2. The van der Waals surface area contributed by atoms with E-state index in [0.717, 1.165) is 0 Å². The Bertz CT molecular complexity index is 360. The standard InChI is InChI=1S/C13H22O3P/c1-12(2,3)15-17(14,16-13(4,5)6)11-9-7-8-10-11/h7-10H,1-6H3. The van der Waals surface area contributed by atoms with Crippen LogP contribution in [0.25, 0.3) is 0 Å². The largest absolute Gasteiger partial charge is 0.358 e. The number of hydrogen-bond donors (Lipinski definition) is 0. The smallest absolute Gasteiger partial charge is 0.300 e. The Balaban J connectivity index is 2.97. The molecule has 0 spiro atoms. The molecule has 0 aromatic heterocycles. The van der Waals surface area contributed by atoms with E-state index in [1.54, 1.807) is 12.5 Å². The van der Waals surface area contributed by atoms with Crippen molar-refractivity contribution in [1.82, 2.24) is 0 Å². The average molecular weight is 257 g/mol. The van der Waals surface area contributed by atoms with Gasteiger partial charge in [0.2, 0.25) is 0 Å². The fraction of sp³-hybridized carbons (Fsp3) is 0.615. The van der Waals surface area contributed by atoms with Gasteiger partial charge in [-0.05, 0) is 41.5 Å². The normalized spacial score (nSPS) is 17.4. The number of rotatable bonds is 3. The van der Waals surface area contributed by atoms with Crippen molar-refractivity contribution < 1.29 is 13.6 Å². The molecule has 1 rings (SSSR count). The molecule has 0 unspecified atom stereocenters.